The minimum absolute atomic E-state index is 0.00376. The number of nitrogens with zero attached hydrogens (tertiary/aromatic N) is 5. The fraction of sp³-hybridized carbons (Fsp3) is 0.267. The van der Waals surface area contributed by atoms with Gasteiger partial charge in [-0.15, -0.1) is 11.6 Å². The first-order chi connectivity index (χ1) is 18.6. The molecule has 3 aromatic carbocycles. The van der Waals surface area contributed by atoms with Crippen molar-refractivity contribution in [3.63, 3.8) is 0 Å². The molecule has 0 unspecified atom stereocenters. The summed E-state index contributed by atoms with van der Waals surface area (Å²) in [5, 5.41) is 7.57. The number of aromatic nitrogens is 3. The van der Waals surface area contributed by atoms with Gasteiger partial charge < -0.3 is 14.3 Å². The second kappa shape index (κ2) is 10.4. The van der Waals surface area contributed by atoms with Crippen molar-refractivity contribution in [2.45, 2.75) is 19.8 Å². The van der Waals surface area contributed by atoms with E-state index in [0.29, 0.717) is 37.6 Å². The molecule has 5 aromatic rings. The predicted octanol–water partition coefficient (Wildman–Crippen LogP) is 5.61. The second-order valence-corrected chi connectivity index (χ2v) is 10.0. The van der Waals surface area contributed by atoms with Gasteiger partial charge >= 0.3 is 0 Å². The number of rotatable bonds is 5. The number of carbonyl (C=O) groups is 1. The van der Waals surface area contributed by atoms with E-state index in [9.17, 15) is 4.79 Å². The number of hydrogen-bond donors (Lipinski definition) is 0. The lowest BCUT2D eigenvalue weighted by atomic mass is 10.0. The second-order valence-electron chi connectivity index (χ2n) is 9.75. The molecule has 1 saturated heterocycles. The summed E-state index contributed by atoms with van der Waals surface area (Å²) in [5.74, 6) is 1.43. The summed E-state index contributed by atoms with van der Waals surface area (Å²) >= 11 is 5.85. The lowest BCUT2D eigenvalue weighted by Gasteiger charge is -2.23. The first kappa shape index (κ1) is 24.4. The van der Waals surface area contributed by atoms with E-state index in [1.54, 1.807) is 0 Å². The van der Waals surface area contributed by atoms with Gasteiger partial charge in [0.2, 0.25) is 5.91 Å². The Labute approximate surface area is 226 Å². The van der Waals surface area contributed by atoms with Gasteiger partial charge in [0, 0.05) is 38.2 Å². The van der Waals surface area contributed by atoms with E-state index in [2.05, 4.69) is 71.6 Å². The SMILES string of the molecule is Cc1ccc(Cc2nc(N3CCCN(C(=O)CCl)CC3)c3c(-c4ccc5ccccc5c4)noc3n2)cc1. The Kier molecular flexibility index (Phi) is 6.68. The van der Waals surface area contributed by atoms with Gasteiger partial charge in [-0.3, -0.25) is 4.79 Å². The molecule has 0 spiro atoms. The molecule has 7 nitrogen and oxygen atoms in total. The van der Waals surface area contributed by atoms with Gasteiger partial charge in [0.15, 0.2) is 0 Å². The van der Waals surface area contributed by atoms with Crippen molar-refractivity contribution < 1.29 is 9.32 Å². The Morgan fingerprint density at radius 2 is 1.76 bits per heavy atom. The number of fused-ring (bicyclic) bond motifs is 2. The fourth-order valence-corrected chi connectivity index (χ4v) is 5.24. The first-order valence-corrected chi connectivity index (χ1v) is 13.4. The number of anilines is 1. The van der Waals surface area contributed by atoms with Crippen molar-refractivity contribution in [3.05, 3.63) is 83.7 Å². The summed E-state index contributed by atoms with van der Waals surface area (Å²) < 4.78 is 5.84. The van der Waals surface area contributed by atoms with E-state index >= 15 is 0 Å². The molecule has 3 heterocycles. The van der Waals surface area contributed by atoms with E-state index in [0.717, 1.165) is 51.8 Å². The Morgan fingerprint density at radius 1 is 0.947 bits per heavy atom. The molecule has 0 radical (unpaired) electrons. The van der Waals surface area contributed by atoms with Crippen LogP contribution < -0.4 is 4.90 Å². The van der Waals surface area contributed by atoms with Gasteiger partial charge in [0.05, 0.1) is 0 Å². The summed E-state index contributed by atoms with van der Waals surface area (Å²) in [5.41, 5.74) is 4.48. The third-order valence-electron chi connectivity index (χ3n) is 7.13. The number of hydrogen-bond acceptors (Lipinski definition) is 6. The average Bonchev–Trinajstić information content (AvgIpc) is 3.22. The van der Waals surface area contributed by atoms with E-state index in [1.165, 1.54) is 5.56 Å². The standard InChI is InChI=1S/C30H28ClN5O2/c1-20-7-9-21(10-8-20)17-25-32-29(36-14-4-13-35(15-16-36)26(37)19-31)27-28(34-38-30(27)33-25)24-12-11-22-5-2-3-6-23(22)18-24/h2-3,5-12,18H,4,13-17,19H2,1H3. The zero-order valence-corrected chi connectivity index (χ0v) is 22.0. The van der Waals surface area contributed by atoms with Crippen LogP contribution in [0.15, 0.2) is 71.3 Å². The van der Waals surface area contributed by atoms with Crippen molar-refractivity contribution in [2.24, 2.45) is 0 Å². The molecule has 6 rings (SSSR count). The minimum Gasteiger partial charge on any atom is -0.354 e. The van der Waals surface area contributed by atoms with Crippen LogP contribution in [-0.2, 0) is 11.2 Å². The maximum absolute atomic E-state index is 12.3. The van der Waals surface area contributed by atoms with Crippen LogP contribution in [0.5, 0.6) is 0 Å². The lowest BCUT2D eigenvalue weighted by molar-refractivity contribution is -0.128. The average molecular weight is 526 g/mol. The Morgan fingerprint density at radius 3 is 2.58 bits per heavy atom. The van der Waals surface area contributed by atoms with Crippen LogP contribution in [0.4, 0.5) is 5.82 Å². The number of aryl methyl sites for hydroxylation is 1. The number of amides is 1. The lowest BCUT2D eigenvalue weighted by Crippen LogP contribution is -2.36. The molecule has 1 fully saturated rings. The van der Waals surface area contributed by atoms with Crippen molar-refractivity contribution >= 4 is 45.2 Å². The van der Waals surface area contributed by atoms with Crippen LogP contribution in [0.25, 0.3) is 33.1 Å². The molecule has 1 aliphatic heterocycles. The fourth-order valence-electron chi connectivity index (χ4n) is 5.07. The predicted molar refractivity (Wildman–Crippen MR) is 151 cm³/mol. The number of halogens is 1. The van der Waals surface area contributed by atoms with E-state index in [4.69, 9.17) is 26.1 Å². The minimum atomic E-state index is -0.0387. The summed E-state index contributed by atoms with van der Waals surface area (Å²) in [4.78, 5) is 26.2. The maximum Gasteiger partial charge on any atom is 0.263 e. The summed E-state index contributed by atoms with van der Waals surface area (Å²) in [6.07, 6.45) is 1.40. The molecule has 38 heavy (non-hydrogen) atoms. The monoisotopic (exact) mass is 525 g/mol. The zero-order chi connectivity index (χ0) is 26.1. The van der Waals surface area contributed by atoms with Crippen LogP contribution in [-0.4, -0.2) is 58.0 Å². The van der Waals surface area contributed by atoms with Gasteiger partial charge in [-0.25, -0.2) is 4.98 Å². The molecule has 0 bridgehead atoms. The third kappa shape index (κ3) is 4.82. The molecule has 0 atom stereocenters. The molecule has 1 amide bonds. The number of benzene rings is 3. The zero-order valence-electron chi connectivity index (χ0n) is 21.2. The molecule has 0 aliphatic carbocycles. The molecular formula is C30H28ClN5O2. The smallest absolute Gasteiger partial charge is 0.263 e. The maximum atomic E-state index is 12.3. The van der Waals surface area contributed by atoms with Gasteiger partial charge in [-0.2, -0.15) is 4.98 Å². The highest BCUT2D eigenvalue weighted by molar-refractivity contribution is 6.27. The molecule has 0 saturated carbocycles. The summed E-state index contributed by atoms with van der Waals surface area (Å²) in [7, 11) is 0. The Balaban J connectivity index is 1.45. The highest BCUT2D eigenvalue weighted by Crippen LogP contribution is 2.35. The molecule has 2 aromatic heterocycles. The van der Waals surface area contributed by atoms with Crippen LogP contribution in [0.3, 0.4) is 0 Å². The quantitative estimate of drug-likeness (QED) is 0.277. The Bertz CT molecular complexity index is 1610. The number of alkyl halides is 1. The summed E-state index contributed by atoms with van der Waals surface area (Å²) in [6.45, 7) is 4.73. The Hall–Kier alpha value is -3.97. The number of carbonyl (C=O) groups excluding carboxylic acids is 1. The van der Waals surface area contributed by atoms with E-state index in [1.807, 2.05) is 17.0 Å². The van der Waals surface area contributed by atoms with Crippen molar-refractivity contribution in [1.82, 2.24) is 20.0 Å². The highest BCUT2D eigenvalue weighted by atomic mass is 35.5. The largest absolute Gasteiger partial charge is 0.354 e. The van der Waals surface area contributed by atoms with Crippen molar-refractivity contribution in [2.75, 3.05) is 37.0 Å². The van der Waals surface area contributed by atoms with E-state index < -0.39 is 0 Å². The van der Waals surface area contributed by atoms with Crippen LogP contribution in [0.2, 0.25) is 0 Å². The van der Waals surface area contributed by atoms with Crippen LogP contribution >= 0.6 is 11.6 Å². The van der Waals surface area contributed by atoms with Crippen molar-refractivity contribution in [1.29, 1.82) is 0 Å². The molecule has 8 heteroatoms. The van der Waals surface area contributed by atoms with Gasteiger partial charge in [-0.05, 0) is 35.7 Å². The van der Waals surface area contributed by atoms with Gasteiger partial charge in [0.1, 0.15) is 28.6 Å². The third-order valence-corrected chi connectivity index (χ3v) is 7.36. The van der Waals surface area contributed by atoms with Crippen LogP contribution in [0, 0.1) is 6.92 Å². The topological polar surface area (TPSA) is 75.4 Å². The molecule has 0 N–H and O–H groups in total. The van der Waals surface area contributed by atoms with E-state index in [-0.39, 0.29) is 11.8 Å². The molecule has 1 aliphatic rings. The van der Waals surface area contributed by atoms with Crippen molar-refractivity contribution in [3.8, 4) is 11.3 Å². The van der Waals surface area contributed by atoms with Crippen LogP contribution in [0.1, 0.15) is 23.4 Å². The van der Waals surface area contributed by atoms with Gasteiger partial charge in [0.25, 0.3) is 5.71 Å². The molecule has 192 valence electrons. The first-order valence-electron chi connectivity index (χ1n) is 12.9. The van der Waals surface area contributed by atoms with Gasteiger partial charge in [-0.1, -0.05) is 71.4 Å². The summed E-state index contributed by atoms with van der Waals surface area (Å²) in [6, 6.07) is 22.9. The normalized spacial score (nSPS) is 14.3. The molecular weight excluding hydrogens is 498 g/mol. The highest BCUT2D eigenvalue weighted by Gasteiger charge is 2.26.